The van der Waals surface area contributed by atoms with E-state index >= 15 is 0 Å². The van der Waals surface area contributed by atoms with Crippen molar-refractivity contribution >= 4 is 21.6 Å². The number of nitrogens with zero attached hydrogens (tertiary/aromatic N) is 3. The van der Waals surface area contributed by atoms with Crippen LogP contribution in [0.2, 0.25) is 0 Å². The van der Waals surface area contributed by atoms with E-state index in [0.717, 1.165) is 9.65 Å². The summed E-state index contributed by atoms with van der Waals surface area (Å²) in [6.07, 6.45) is 0.594. The predicted molar refractivity (Wildman–Crippen MR) is 120 cm³/mol. The third-order valence-electron chi connectivity index (χ3n) is 5.95. The van der Waals surface area contributed by atoms with Gasteiger partial charge in [-0.1, -0.05) is 30.3 Å². The molecule has 0 unspecified atom stereocenters. The number of carbonyl (C=O) groups excluding carboxylic acids is 1. The Morgan fingerprint density at radius 1 is 1.18 bits per heavy atom. The summed E-state index contributed by atoms with van der Waals surface area (Å²) in [6, 6.07) is 13.8. The predicted octanol–water partition coefficient (Wildman–Crippen LogP) is 1.93. The zero-order valence-electron chi connectivity index (χ0n) is 18.0. The lowest BCUT2D eigenvalue weighted by atomic mass is 9.93. The van der Waals surface area contributed by atoms with E-state index in [4.69, 9.17) is 4.74 Å². The molecule has 1 aromatic heterocycles. The standard InChI is InChI=1S/C23H24N4O5S/c1-15(28)22(16-5-3-2-4-6-16)23(29)26-12-17-13-27(25-20(17)14-26)33(30,31)18-7-8-21-19(11-18)24-9-10-32-21/h2-8,11,13,15,22,24,28H,9-10,12,14H2,1H3/t15-,22-/m1/s1. The fourth-order valence-electron chi connectivity index (χ4n) is 4.28. The van der Waals surface area contributed by atoms with E-state index in [1.54, 1.807) is 24.0 Å². The lowest BCUT2D eigenvalue weighted by molar-refractivity contribution is -0.135. The van der Waals surface area contributed by atoms with E-state index in [1.807, 2.05) is 30.3 Å². The van der Waals surface area contributed by atoms with Crippen LogP contribution in [0.4, 0.5) is 5.69 Å². The van der Waals surface area contributed by atoms with E-state index in [0.29, 0.717) is 35.8 Å². The van der Waals surface area contributed by atoms with E-state index < -0.39 is 22.0 Å². The second-order valence-corrected chi connectivity index (χ2v) is 10.0. The Morgan fingerprint density at radius 3 is 2.70 bits per heavy atom. The molecule has 2 atom stereocenters. The van der Waals surface area contributed by atoms with Crippen molar-refractivity contribution < 1.29 is 23.1 Å². The quantitative estimate of drug-likeness (QED) is 0.588. The van der Waals surface area contributed by atoms with Gasteiger partial charge in [0, 0.05) is 24.8 Å². The molecule has 2 N–H and O–H groups in total. The molecule has 0 saturated heterocycles. The number of nitrogens with one attached hydrogen (secondary N) is 1. The lowest BCUT2D eigenvalue weighted by Gasteiger charge is -2.25. The molecular weight excluding hydrogens is 444 g/mol. The maximum atomic E-state index is 13.2. The van der Waals surface area contributed by atoms with E-state index in [9.17, 15) is 18.3 Å². The first-order valence-electron chi connectivity index (χ1n) is 10.7. The smallest absolute Gasteiger partial charge is 0.283 e. The molecule has 0 radical (unpaired) electrons. The van der Waals surface area contributed by atoms with Gasteiger partial charge in [0.15, 0.2) is 0 Å². The number of aliphatic hydroxyl groups is 1. The van der Waals surface area contributed by atoms with Crippen molar-refractivity contribution in [1.29, 1.82) is 0 Å². The van der Waals surface area contributed by atoms with Crippen LogP contribution in [0.1, 0.15) is 29.7 Å². The molecule has 0 aliphatic carbocycles. The molecule has 9 nitrogen and oxygen atoms in total. The van der Waals surface area contributed by atoms with Crippen LogP contribution in [0.25, 0.3) is 0 Å². The van der Waals surface area contributed by atoms with Crippen molar-refractivity contribution in [2.45, 2.75) is 36.9 Å². The summed E-state index contributed by atoms with van der Waals surface area (Å²) in [5.74, 6) is -0.302. The van der Waals surface area contributed by atoms with Gasteiger partial charge in [0.2, 0.25) is 5.91 Å². The highest BCUT2D eigenvalue weighted by molar-refractivity contribution is 7.89. The Bertz CT molecular complexity index is 1280. The summed E-state index contributed by atoms with van der Waals surface area (Å²) < 4.78 is 32.8. The Kier molecular flexibility index (Phi) is 5.34. The molecule has 5 rings (SSSR count). The second kappa shape index (κ2) is 8.20. The third-order valence-corrected chi connectivity index (χ3v) is 7.48. The van der Waals surface area contributed by atoms with Crippen LogP contribution in [-0.2, 0) is 27.9 Å². The highest BCUT2D eigenvalue weighted by atomic mass is 32.2. The minimum atomic E-state index is -3.89. The second-order valence-electron chi connectivity index (χ2n) is 8.24. The number of carbonyl (C=O) groups is 1. The summed E-state index contributed by atoms with van der Waals surface area (Å²) >= 11 is 0. The summed E-state index contributed by atoms with van der Waals surface area (Å²) in [6.45, 7) is 3.15. The van der Waals surface area contributed by atoms with Crippen molar-refractivity contribution in [3.8, 4) is 5.75 Å². The first-order valence-corrected chi connectivity index (χ1v) is 12.1. The first-order chi connectivity index (χ1) is 15.8. The third kappa shape index (κ3) is 3.85. The van der Waals surface area contributed by atoms with Crippen molar-refractivity contribution in [3.63, 3.8) is 0 Å². The SMILES string of the molecule is C[C@@H](O)[C@@H](C(=O)N1Cc2cn(S(=O)(=O)c3ccc4c(c3)NCCO4)nc2C1)c1ccccc1. The van der Waals surface area contributed by atoms with Crippen LogP contribution < -0.4 is 10.1 Å². The molecule has 0 saturated carbocycles. The Morgan fingerprint density at radius 2 is 1.97 bits per heavy atom. The molecule has 0 spiro atoms. The molecule has 3 heterocycles. The van der Waals surface area contributed by atoms with Crippen LogP contribution >= 0.6 is 0 Å². The molecule has 10 heteroatoms. The number of rotatable bonds is 5. The average Bonchev–Trinajstić information content (AvgIpc) is 3.39. The van der Waals surface area contributed by atoms with Gasteiger partial charge < -0.3 is 20.1 Å². The molecule has 1 amide bonds. The van der Waals surface area contributed by atoms with Crippen LogP contribution in [0, 0.1) is 0 Å². The zero-order chi connectivity index (χ0) is 23.2. The van der Waals surface area contributed by atoms with Crippen LogP contribution in [0.3, 0.4) is 0 Å². The van der Waals surface area contributed by atoms with Gasteiger partial charge in [0.1, 0.15) is 12.4 Å². The van der Waals surface area contributed by atoms with Crippen molar-refractivity contribution in [1.82, 2.24) is 14.1 Å². The Hall–Kier alpha value is -3.37. The number of aromatic nitrogens is 2. The van der Waals surface area contributed by atoms with Gasteiger partial charge in [0.25, 0.3) is 10.0 Å². The molecule has 2 aromatic carbocycles. The fourth-order valence-corrected chi connectivity index (χ4v) is 5.47. The Labute approximate surface area is 191 Å². The zero-order valence-corrected chi connectivity index (χ0v) is 18.8. The summed E-state index contributed by atoms with van der Waals surface area (Å²) in [5, 5.41) is 17.7. The highest BCUT2D eigenvalue weighted by Crippen LogP contribution is 2.32. The molecule has 0 fully saturated rings. The molecule has 2 aliphatic heterocycles. The maximum Gasteiger partial charge on any atom is 0.283 e. The maximum absolute atomic E-state index is 13.2. The minimum absolute atomic E-state index is 0.103. The van der Waals surface area contributed by atoms with Crippen molar-refractivity contribution in [2.75, 3.05) is 18.5 Å². The molecule has 33 heavy (non-hydrogen) atoms. The number of anilines is 1. The van der Waals surface area contributed by atoms with Gasteiger partial charge in [-0.2, -0.15) is 17.6 Å². The summed E-state index contributed by atoms with van der Waals surface area (Å²) in [4.78, 5) is 14.9. The summed E-state index contributed by atoms with van der Waals surface area (Å²) in [5.41, 5.74) is 2.57. The average molecular weight is 469 g/mol. The number of benzene rings is 2. The molecule has 3 aromatic rings. The van der Waals surface area contributed by atoms with Crippen LogP contribution in [-0.4, -0.2) is 52.8 Å². The van der Waals surface area contributed by atoms with E-state index in [1.165, 1.54) is 12.3 Å². The number of aliphatic hydroxyl groups excluding tert-OH is 1. The molecular formula is C23H24N4O5S. The van der Waals surface area contributed by atoms with Gasteiger partial charge in [-0.3, -0.25) is 4.79 Å². The normalized spacial score (nSPS) is 16.8. The Balaban J connectivity index is 1.37. The number of ether oxygens (including phenoxy) is 1. The van der Waals surface area contributed by atoms with E-state index in [2.05, 4.69) is 10.4 Å². The van der Waals surface area contributed by atoms with Gasteiger partial charge in [0.05, 0.1) is 34.8 Å². The number of hydrogen-bond donors (Lipinski definition) is 2. The topological polar surface area (TPSA) is 114 Å². The lowest BCUT2D eigenvalue weighted by Crippen LogP contribution is -2.36. The van der Waals surface area contributed by atoms with E-state index in [-0.39, 0.29) is 23.9 Å². The first kappa shape index (κ1) is 21.5. The highest BCUT2D eigenvalue weighted by Gasteiger charge is 2.35. The van der Waals surface area contributed by atoms with Gasteiger partial charge >= 0.3 is 0 Å². The fraction of sp³-hybridized carbons (Fsp3) is 0.304. The minimum Gasteiger partial charge on any atom is -0.490 e. The molecule has 0 bridgehead atoms. The van der Waals surface area contributed by atoms with Gasteiger partial charge in [-0.05, 0) is 30.7 Å². The van der Waals surface area contributed by atoms with Crippen molar-refractivity contribution in [2.24, 2.45) is 0 Å². The monoisotopic (exact) mass is 468 g/mol. The summed E-state index contributed by atoms with van der Waals surface area (Å²) in [7, 11) is -3.89. The van der Waals surface area contributed by atoms with Gasteiger partial charge in [-0.25, -0.2) is 0 Å². The van der Waals surface area contributed by atoms with Crippen molar-refractivity contribution in [3.05, 3.63) is 71.5 Å². The molecule has 2 aliphatic rings. The molecule has 172 valence electrons. The van der Waals surface area contributed by atoms with Crippen LogP contribution in [0.15, 0.2) is 59.6 Å². The van der Waals surface area contributed by atoms with Gasteiger partial charge in [-0.15, -0.1) is 0 Å². The number of hydrogen-bond acceptors (Lipinski definition) is 7. The number of amides is 1. The number of fused-ring (bicyclic) bond motifs is 2. The largest absolute Gasteiger partial charge is 0.490 e. The van der Waals surface area contributed by atoms with Crippen LogP contribution in [0.5, 0.6) is 5.75 Å².